The molecule has 0 aliphatic rings. The van der Waals surface area contributed by atoms with Crippen molar-refractivity contribution in [2.45, 2.75) is 26.7 Å². The van der Waals surface area contributed by atoms with Gasteiger partial charge >= 0.3 is 0 Å². The summed E-state index contributed by atoms with van der Waals surface area (Å²) in [5, 5.41) is 5.76. The predicted octanol–water partition coefficient (Wildman–Crippen LogP) is 5.98. The Morgan fingerprint density at radius 2 is 1.74 bits per heavy atom. The van der Waals surface area contributed by atoms with Gasteiger partial charge < -0.3 is 15.4 Å². The van der Waals surface area contributed by atoms with Gasteiger partial charge in [-0.3, -0.25) is 9.59 Å². The van der Waals surface area contributed by atoms with Crippen molar-refractivity contribution >= 4 is 39.1 Å². The van der Waals surface area contributed by atoms with Gasteiger partial charge in [-0.2, -0.15) is 0 Å². The fourth-order valence-corrected chi connectivity index (χ4v) is 3.36. The zero-order valence-corrected chi connectivity index (χ0v) is 19.2. The molecule has 0 aliphatic carbocycles. The molecule has 0 aliphatic heterocycles. The molecule has 3 aromatic carbocycles. The maximum absolute atomic E-state index is 13.0. The second kappa shape index (κ2) is 10.8. The second-order valence-electron chi connectivity index (χ2n) is 7.11. The van der Waals surface area contributed by atoms with E-state index in [2.05, 4.69) is 26.6 Å². The molecule has 5 nitrogen and oxygen atoms in total. The van der Waals surface area contributed by atoms with Crippen LogP contribution in [0.1, 0.15) is 34.8 Å². The number of halogens is 1. The van der Waals surface area contributed by atoms with Crippen LogP contribution in [0.3, 0.4) is 0 Å². The van der Waals surface area contributed by atoms with Crippen molar-refractivity contribution in [2.75, 3.05) is 17.2 Å². The lowest BCUT2D eigenvalue weighted by molar-refractivity contribution is -0.115. The first-order chi connectivity index (χ1) is 15.0. The minimum absolute atomic E-state index is 0.0762. The van der Waals surface area contributed by atoms with Crippen molar-refractivity contribution < 1.29 is 14.3 Å². The topological polar surface area (TPSA) is 67.4 Å². The Morgan fingerprint density at radius 3 is 2.48 bits per heavy atom. The summed E-state index contributed by atoms with van der Waals surface area (Å²) in [6.45, 7) is 4.16. The molecule has 160 valence electrons. The van der Waals surface area contributed by atoms with Crippen LogP contribution in [0.4, 0.5) is 11.4 Å². The third-order valence-corrected chi connectivity index (χ3v) is 5.26. The maximum atomic E-state index is 13.0. The molecule has 2 N–H and O–H groups in total. The number of hydrogen-bond acceptors (Lipinski definition) is 3. The van der Waals surface area contributed by atoms with Crippen LogP contribution in [0.25, 0.3) is 0 Å². The van der Waals surface area contributed by atoms with Crippen molar-refractivity contribution in [1.82, 2.24) is 0 Å². The van der Waals surface area contributed by atoms with E-state index in [-0.39, 0.29) is 11.8 Å². The van der Waals surface area contributed by atoms with Gasteiger partial charge in [0, 0.05) is 28.7 Å². The monoisotopic (exact) mass is 480 g/mol. The molecule has 3 rings (SSSR count). The molecule has 3 aromatic rings. The van der Waals surface area contributed by atoms with Gasteiger partial charge in [-0.1, -0.05) is 59.3 Å². The third-order valence-electron chi connectivity index (χ3n) is 4.77. The molecule has 2 amide bonds. The molecule has 0 saturated carbocycles. The number of rotatable bonds is 8. The van der Waals surface area contributed by atoms with E-state index in [0.29, 0.717) is 35.7 Å². The molecule has 0 spiro atoms. The number of benzene rings is 3. The zero-order valence-electron chi connectivity index (χ0n) is 17.6. The summed E-state index contributed by atoms with van der Waals surface area (Å²) in [6.07, 6.45) is 1.13. The number of amides is 2. The Kier molecular flexibility index (Phi) is 7.84. The Hall–Kier alpha value is -3.12. The number of aryl methyl sites for hydroxylation is 1. The molecule has 0 heterocycles. The normalized spacial score (nSPS) is 10.4. The highest BCUT2D eigenvalue weighted by Crippen LogP contribution is 2.26. The number of hydrogen-bond donors (Lipinski definition) is 2. The van der Waals surface area contributed by atoms with Crippen LogP contribution in [0.2, 0.25) is 0 Å². The van der Waals surface area contributed by atoms with Crippen molar-refractivity contribution in [3.8, 4) is 5.75 Å². The standard InChI is InChI=1S/C25H25BrN2O3/c1-3-24(29)28-22-16-20(11-9-17(22)2)27-25(30)21-15-19(26)10-12-23(21)31-14-13-18-7-5-4-6-8-18/h4-12,15-16H,3,13-14H2,1-2H3,(H,27,30)(H,28,29). The van der Waals surface area contributed by atoms with E-state index >= 15 is 0 Å². The molecule has 0 radical (unpaired) electrons. The maximum Gasteiger partial charge on any atom is 0.259 e. The first-order valence-electron chi connectivity index (χ1n) is 10.1. The minimum atomic E-state index is -0.285. The van der Waals surface area contributed by atoms with Crippen LogP contribution in [0, 0.1) is 6.92 Å². The first kappa shape index (κ1) is 22.6. The second-order valence-corrected chi connectivity index (χ2v) is 8.03. The van der Waals surface area contributed by atoms with Gasteiger partial charge in [0.25, 0.3) is 5.91 Å². The Labute approximate surface area is 191 Å². The predicted molar refractivity (Wildman–Crippen MR) is 128 cm³/mol. The van der Waals surface area contributed by atoms with Crippen molar-refractivity contribution in [3.63, 3.8) is 0 Å². The highest BCUT2D eigenvalue weighted by atomic mass is 79.9. The van der Waals surface area contributed by atoms with E-state index < -0.39 is 0 Å². The van der Waals surface area contributed by atoms with Gasteiger partial charge in [0.2, 0.25) is 5.91 Å². The molecule has 31 heavy (non-hydrogen) atoms. The van der Waals surface area contributed by atoms with E-state index in [1.807, 2.05) is 55.5 Å². The van der Waals surface area contributed by atoms with Crippen LogP contribution < -0.4 is 15.4 Å². The molecule has 0 fully saturated rings. The molecule has 0 atom stereocenters. The van der Waals surface area contributed by atoms with Gasteiger partial charge in [0.05, 0.1) is 12.2 Å². The number of carbonyl (C=O) groups is 2. The van der Waals surface area contributed by atoms with E-state index in [4.69, 9.17) is 4.74 Å². The summed E-state index contributed by atoms with van der Waals surface area (Å²) in [5.41, 5.74) is 3.80. The van der Waals surface area contributed by atoms with Crippen LogP contribution in [-0.2, 0) is 11.2 Å². The summed E-state index contributed by atoms with van der Waals surface area (Å²) in [7, 11) is 0. The van der Waals surface area contributed by atoms with E-state index in [0.717, 1.165) is 16.5 Å². The quantitative estimate of drug-likeness (QED) is 0.416. The Bertz CT molecular complexity index is 1070. The lowest BCUT2D eigenvalue weighted by Crippen LogP contribution is -2.15. The zero-order chi connectivity index (χ0) is 22.2. The van der Waals surface area contributed by atoms with Gasteiger partial charge in [-0.05, 0) is 48.4 Å². The fraction of sp³-hybridized carbons (Fsp3) is 0.200. The lowest BCUT2D eigenvalue weighted by Gasteiger charge is -2.14. The fourth-order valence-electron chi connectivity index (χ4n) is 3.00. The smallest absolute Gasteiger partial charge is 0.259 e. The average Bonchev–Trinajstić information content (AvgIpc) is 2.77. The number of ether oxygens (including phenoxy) is 1. The SMILES string of the molecule is CCC(=O)Nc1cc(NC(=O)c2cc(Br)ccc2OCCc2ccccc2)ccc1C. The number of nitrogens with one attached hydrogen (secondary N) is 2. The van der Waals surface area contributed by atoms with E-state index in [9.17, 15) is 9.59 Å². The molecule has 0 aromatic heterocycles. The van der Waals surface area contributed by atoms with Crippen molar-refractivity contribution in [3.05, 3.63) is 87.9 Å². The number of anilines is 2. The van der Waals surface area contributed by atoms with Gasteiger partial charge in [-0.15, -0.1) is 0 Å². The first-order valence-corrected chi connectivity index (χ1v) is 10.9. The highest BCUT2D eigenvalue weighted by molar-refractivity contribution is 9.10. The van der Waals surface area contributed by atoms with Crippen LogP contribution >= 0.6 is 15.9 Å². The highest BCUT2D eigenvalue weighted by Gasteiger charge is 2.15. The summed E-state index contributed by atoms with van der Waals surface area (Å²) >= 11 is 3.43. The van der Waals surface area contributed by atoms with Crippen molar-refractivity contribution in [1.29, 1.82) is 0 Å². The summed E-state index contributed by atoms with van der Waals surface area (Å²) in [6, 6.07) is 20.9. The largest absolute Gasteiger partial charge is 0.492 e. The minimum Gasteiger partial charge on any atom is -0.492 e. The van der Waals surface area contributed by atoms with E-state index in [1.165, 1.54) is 5.56 Å². The molecular formula is C25H25BrN2O3. The van der Waals surface area contributed by atoms with Crippen LogP contribution in [-0.4, -0.2) is 18.4 Å². The Morgan fingerprint density at radius 1 is 0.968 bits per heavy atom. The molecule has 6 heteroatoms. The molecule has 0 unspecified atom stereocenters. The molecule has 0 bridgehead atoms. The van der Waals surface area contributed by atoms with Crippen LogP contribution in [0.15, 0.2) is 71.2 Å². The van der Waals surface area contributed by atoms with Crippen molar-refractivity contribution in [2.24, 2.45) is 0 Å². The van der Waals surface area contributed by atoms with Gasteiger partial charge in [0.1, 0.15) is 5.75 Å². The summed E-state index contributed by atoms with van der Waals surface area (Å²) in [5.74, 6) is 0.156. The van der Waals surface area contributed by atoms with Gasteiger partial charge in [-0.25, -0.2) is 0 Å². The molecular weight excluding hydrogens is 456 g/mol. The number of carbonyl (C=O) groups excluding carboxylic acids is 2. The summed E-state index contributed by atoms with van der Waals surface area (Å²) < 4.78 is 6.71. The lowest BCUT2D eigenvalue weighted by atomic mass is 10.1. The van der Waals surface area contributed by atoms with E-state index in [1.54, 1.807) is 25.1 Å². The average molecular weight is 481 g/mol. The third kappa shape index (κ3) is 6.43. The van der Waals surface area contributed by atoms with Gasteiger partial charge in [0.15, 0.2) is 0 Å². The summed E-state index contributed by atoms with van der Waals surface area (Å²) in [4.78, 5) is 24.7. The van der Waals surface area contributed by atoms with Crippen LogP contribution in [0.5, 0.6) is 5.75 Å². The Balaban J connectivity index is 1.73. The molecule has 0 saturated heterocycles.